The average molecular weight is 478 g/mol. The molecule has 8 heteroatoms. The van der Waals surface area contributed by atoms with Crippen molar-refractivity contribution in [3.63, 3.8) is 0 Å². The highest BCUT2D eigenvalue weighted by molar-refractivity contribution is 5.80. The second-order valence-electron chi connectivity index (χ2n) is 8.41. The van der Waals surface area contributed by atoms with E-state index in [0.29, 0.717) is 23.0 Å². The molecule has 0 saturated heterocycles. The quantitative estimate of drug-likeness (QED) is 0.497. The number of esters is 1. The fourth-order valence-electron chi connectivity index (χ4n) is 5.14. The molecule has 2 N–H and O–H groups in total. The van der Waals surface area contributed by atoms with Crippen molar-refractivity contribution in [3.8, 4) is 28.7 Å². The molecule has 0 fully saturated rings. The molecule has 0 aromatic heterocycles. The van der Waals surface area contributed by atoms with Crippen LogP contribution in [-0.4, -0.2) is 50.4 Å². The van der Waals surface area contributed by atoms with Crippen LogP contribution in [0.1, 0.15) is 34.1 Å². The first-order valence-corrected chi connectivity index (χ1v) is 11.3. The van der Waals surface area contributed by atoms with E-state index in [1.54, 1.807) is 31.4 Å². The molecule has 3 atom stereocenters. The highest BCUT2D eigenvalue weighted by atomic mass is 16.7. The van der Waals surface area contributed by atoms with Gasteiger partial charge in [-0.25, -0.2) is 0 Å². The average Bonchev–Trinajstić information content (AvgIpc) is 3.48. The lowest BCUT2D eigenvalue weighted by molar-refractivity contribution is -0.146. The first kappa shape index (κ1) is 22.9. The number of rotatable bonds is 7. The maximum absolute atomic E-state index is 13.4. The zero-order valence-electron chi connectivity index (χ0n) is 19.4. The largest absolute Gasteiger partial charge is 0.508 e. The fourth-order valence-corrected chi connectivity index (χ4v) is 5.14. The summed E-state index contributed by atoms with van der Waals surface area (Å²) in [4.78, 5) is 13.4. The van der Waals surface area contributed by atoms with Gasteiger partial charge in [-0.1, -0.05) is 18.2 Å². The van der Waals surface area contributed by atoms with Crippen LogP contribution in [0.3, 0.4) is 0 Å². The summed E-state index contributed by atoms with van der Waals surface area (Å²) in [5.74, 6) is 0.528. The van der Waals surface area contributed by atoms with Crippen molar-refractivity contribution in [3.05, 3.63) is 76.9 Å². The Morgan fingerprint density at radius 3 is 2.51 bits per heavy atom. The first-order valence-electron chi connectivity index (χ1n) is 11.3. The molecule has 5 rings (SSSR count). The standard InChI is InChI=1S/C27H26O8/c1-31-17-5-7-19(22(13-17)33-10-9-28)25-20-12-16(29)4-6-18(20)24(26(25)27(30)32-2)15-3-8-21-23(11-15)35-14-34-21/h3-8,11-13,24-26,28-29H,9-10,14H2,1-2H3/t24-,25+,26-/m0/s1. The van der Waals surface area contributed by atoms with Crippen LogP contribution in [0.2, 0.25) is 0 Å². The Morgan fingerprint density at radius 1 is 0.943 bits per heavy atom. The molecule has 8 nitrogen and oxygen atoms in total. The lowest BCUT2D eigenvalue weighted by atomic mass is 9.79. The molecule has 0 amide bonds. The summed E-state index contributed by atoms with van der Waals surface area (Å²) in [6, 6.07) is 16.2. The van der Waals surface area contributed by atoms with Gasteiger partial charge in [0.2, 0.25) is 6.79 Å². The summed E-state index contributed by atoms with van der Waals surface area (Å²) in [6.45, 7) is 0.0571. The van der Waals surface area contributed by atoms with E-state index in [-0.39, 0.29) is 31.7 Å². The van der Waals surface area contributed by atoms with Crippen LogP contribution < -0.4 is 18.9 Å². The molecule has 1 aliphatic carbocycles. The second kappa shape index (κ2) is 9.38. The summed E-state index contributed by atoms with van der Waals surface area (Å²) >= 11 is 0. The third kappa shape index (κ3) is 4.00. The van der Waals surface area contributed by atoms with Gasteiger partial charge in [-0.2, -0.15) is 0 Å². The number of methoxy groups -OCH3 is 2. The van der Waals surface area contributed by atoms with Crippen molar-refractivity contribution in [1.82, 2.24) is 0 Å². The summed E-state index contributed by atoms with van der Waals surface area (Å²) in [5.41, 5.74) is 3.28. The first-order chi connectivity index (χ1) is 17.0. The number of aromatic hydroxyl groups is 1. The Kier molecular flexibility index (Phi) is 6.13. The van der Waals surface area contributed by atoms with Gasteiger partial charge < -0.3 is 33.9 Å². The molecule has 182 valence electrons. The van der Waals surface area contributed by atoms with Crippen LogP contribution in [0.25, 0.3) is 0 Å². The number of carbonyl (C=O) groups is 1. The Balaban J connectivity index is 1.71. The Hall–Kier alpha value is -3.91. The number of aliphatic hydroxyl groups excluding tert-OH is 1. The van der Waals surface area contributed by atoms with Crippen molar-refractivity contribution in [2.24, 2.45) is 5.92 Å². The smallest absolute Gasteiger partial charge is 0.310 e. The molecule has 0 bridgehead atoms. The molecule has 3 aromatic rings. The number of hydrogen-bond acceptors (Lipinski definition) is 8. The van der Waals surface area contributed by atoms with Gasteiger partial charge >= 0.3 is 5.97 Å². The highest BCUT2D eigenvalue weighted by Crippen LogP contribution is 2.56. The van der Waals surface area contributed by atoms with E-state index >= 15 is 0 Å². The van der Waals surface area contributed by atoms with Crippen molar-refractivity contribution in [2.75, 3.05) is 34.2 Å². The Labute approximate surface area is 202 Å². The van der Waals surface area contributed by atoms with Crippen LogP contribution in [0.5, 0.6) is 28.7 Å². The van der Waals surface area contributed by atoms with Gasteiger partial charge in [0.1, 0.15) is 23.9 Å². The normalized spacial score (nSPS) is 19.8. The zero-order chi connectivity index (χ0) is 24.5. The topological polar surface area (TPSA) is 104 Å². The van der Waals surface area contributed by atoms with E-state index in [2.05, 4.69) is 0 Å². The zero-order valence-corrected chi connectivity index (χ0v) is 19.4. The minimum Gasteiger partial charge on any atom is -0.508 e. The van der Waals surface area contributed by atoms with Crippen molar-refractivity contribution < 1.29 is 38.7 Å². The van der Waals surface area contributed by atoms with Gasteiger partial charge in [0.05, 0.1) is 26.7 Å². The van der Waals surface area contributed by atoms with Gasteiger partial charge in [-0.15, -0.1) is 0 Å². The van der Waals surface area contributed by atoms with E-state index in [9.17, 15) is 15.0 Å². The lowest BCUT2D eigenvalue weighted by Gasteiger charge is -2.26. The summed E-state index contributed by atoms with van der Waals surface area (Å²) in [5, 5.41) is 19.7. The lowest BCUT2D eigenvalue weighted by Crippen LogP contribution is -2.26. The molecule has 0 radical (unpaired) electrons. The van der Waals surface area contributed by atoms with Crippen LogP contribution in [0.15, 0.2) is 54.6 Å². The maximum Gasteiger partial charge on any atom is 0.310 e. The van der Waals surface area contributed by atoms with Gasteiger partial charge in [0.15, 0.2) is 11.5 Å². The van der Waals surface area contributed by atoms with Gasteiger partial charge in [-0.05, 0) is 47.0 Å². The van der Waals surface area contributed by atoms with Gasteiger partial charge in [-0.3, -0.25) is 4.79 Å². The molecule has 3 aromatic carbocycles. The van der Waals surface area contributed by atoms with Crippen LogP contribution in [0, 0.1) is 5.92 Å². The number of hydrogen-bond donors (Lipinski definition) is 2. The van der Waals surface area contributed by atoms with Crippen LogP contribution >= 0.6 is 0 Å². The maximum atomic E-state index is 13.4. The van der Waals surface area contributed by atoms with Crippen molar-refractivity contribution in [1.29, 1.82) is 0 Å². The summed E-state index contributed by atoms with van der Waals surface area (Å²) in [7, 11) is 2.93. The SMILES string of the molecule is COC(=O)[C@@H]1[C@H](c2ccc(OC)cc2OCCO)c2cc(O)ccc2[C@@H]1c1ccc2c(c1)OCO2. The molecule has 2 aliphatic rings. The number of phenols is 1. The number of ether oxygens (including phenoxy) is 5. The third-order valence-electron chi connectivity index (χ3n) is 6.59. The summed E-state index contributed by atoms with van der Waals surface area (Å²) in [6.07, 6.45) is 0. The Bertz CT molecular complexity index is 1250. The molecular formula is C27H26O8. The Morgan fingerprint density at radius 2 is 1.74 bits per heavy atom. The van der Waals surface area contributed by atoms with Gasteiger partial charge in [0.25, 0.3) is 0 Å². The predicted molar refractivity (Wildman–Crippen MR) is 125 cm³/mol. The third-order valence-corrected chi connectivity index (χ3v) is 6.59. The summed E-state index contributed by atoms with van der Waals surface area (Å²) < 4.78 is 27.6. The van der Waals surface area contributed by atoms with Crippen LogP contribution in [-0.2, 0) is 9.53 Å². The highest BCUT2D eigenvalue weighted by Gasteiger charge is 2.48. The molecule has 1 heterocycles. The minimum atomic E-state index is -0.651. The van der Waals surface area contributed by atoms with Crippen LogP contribution in [0.4, 0.5) is 0 Å². The van der Waals surface area contributed by atoms with Gasteiger partial charge in [0, 0.05) is 23.5 Å². The molecular weight excluding hydrogens is 452 g/mol. The number of benzene rings is 3. The monoisotopic (exact) mass is 478 g/mol. The number of aliphatic hydroxyl groups is 1. The molecule has 1 aliphatic heterocycles. The number of fused-ring (bicyclic) bond motifs is 2. The minimum absolute atomic E-state index is 0.0776. The van der Waals surface area contributed by atoms with Crippen molar-refractivity contribution >= 4 is 5.97 Å². The predicted octanol–water partition coefficient (Wildman–Crippen LogP) is 3.57. The fraction of sp³-hybridized carbons (Fsp3) is 0.296. The van der Waals surface area contributed by atoms with Crippen molar-refractivity contribution in [2.45, 2.75) is 11.8 Å². The van der Waals surface area contributed by atoms with E-state index in [4.69, 9.17) is 23.7 Å². The second-order valence-corrected chi connectivity index (χ2v) is 8.41. The number of carbonyl (C=O) groups excluding carboxylic acids is 1. The van der Waals surface area contributed by atoms with E-state index in [0.717, 1.165) is 22.3 Å². The molecule has 0 saturated carbocycles. The number of phenolic OH excluding ortho intramolecular Hbond substituents is 1. The van der Waals surface area contributed by atoms with E-state index in [1.807, 2.05) is 30.3 Å². The molecule has 35 heavy (non-hydrogen) atoms. The molecule has 0 spiro atoms. The van der Waals surface area contributed by atoms with E-state index in [1.165, 1.54) is 7.11 Å². The molecule has 0 unspecified atom stereocenters. The van der Waals surface area contributed by atoms with E-state index < -0.39 is 17.8 Å².